The van der Waals surface area contributed by atoms with E-state index in [1.54, 1.807) is 23.5 Å². The summed E-state index contributed by atoms with van der Waals surface area (Å²) >= 11 is 3.26. The number of nitrogens with zero attached hydrogens (tertiary/aromatic N) is 1. The number of carbonyl (C=O) groups is 1. The third-order valence-corrected chi connectivity index (χ3v) is 6.15. The maximum atomic E-state index is 12.6. The summed E-state index contributed by atoms with van der Waals surface area (Å²) in [6, 6.07) is 6.29. The van der Waals surface area contributed by atoms with E-state index in [0.717, 1.165) is 17.8 Å². The molecule has 2 rings (SSSR count). The van der Waals surface area contributed by atoms with Crippen LogP contribution in [0.15, 0.2) is 18.2 Å². The second kappa shape index (κ2) is 4.58. The minimum absolute atomic E-state index is 0.209. The molecule has 0 radical (unpaired) electrons. The summed E-state index contributed by atoms with van der Waals surface area (Å²) < 4.78 is -0.447. The molecule has 92 valence electrons. The Kier molecular flexibility index (Phi) is 3.46. The van der Waals surface area contributed by atoms with E-state index in [2.05, 4.69) is 25.1 Å². The Hall–Kier alpha value is -0.610. The Morgan fingerprint density at radius 3 is 2.47 bits per heavy atom. The quantitative estimate of drug-likeness (QED) is 0.784. The average molecular weight is 267 g/mol. The van der Waals surface area contributed by atoms with E-state index >= 15 is 0 Å². The number of hydrogen-bond acceptors (Lipinski definition) is 3. The van der Waals surface area contributed by atoms with Crippen LogP contribution in [0.3, 0.4) is 0 Å². The molecular formula is C13H17NOS2. The first kappa shape index (κ1) is 12.8. The number of benzene rings is 1. The number of fused-ring (bicyclic) bond motifs is 1. The number of aryl methyl sites for hydroxylation is 1. The van der Waals surface area contributed by atoms with Gasteiger partial charge in [0.15, 0.2) is 4.08 Å². The van der Waals surface area contributed by atoms with Crippen molar-refractivity contribution in [2.75, 3.05) is 24.0 Å². The van der Waals surface area contributed by atoms with E-state index in [9.17, 15) is 4.79 Å². The number of rotatable bonds is 3. The highest BCUT2D eigenvalue weighted by atomic mass is 32.2. The van der Waals surface area contributed by atoms with Crippen molar-refractivity contribution < 1.29 is 4.79 Å². The molecule has 0 fully saturated rings. The largest absolute Gasteiger partial charge is 0.310 e. The first-order valence-electron chi connectivity index (χ1n) is 5.64. The molecule has 1 heterocycles. The molecule has 0 atom stereocenters. The van der Waals surface area contributed by atoms with Crippen molar-refractivity contribution in [1.29, 1.82) is 0 Å². The fourth-order valence-corrected chi connectivity index (χ4v) is 4.35. The smallest absolute Gasteiger partial charge is 0.258 e. The van der Waals surface area contributed by atoms with E-state index in [0.29, 0.717) is 0 Å². The van der Waals surface area contributed by atoms with Gasteiger partial charge in [-0.1, -0.05) is 17.7 Å². The van der Waals surface area contributed by atoms with Crippen LogP contribution < -0.4 is 4.90 Å². The standard InChI is InChI=1S/C13H17NOS2/c1-5-14-11-7-6-9(2)8-10(11)13(16-3,17-4)12(14)15/h6-8H,5H2,1-4H3. The second-order valence-corrected chi connectivity index (χ2v) is 6.39. The third-order valence-electron chi connectivity index (χ3n) is 3.22. The SMILES string of the molecule is CCN1C(=O)C(SC)(SC)c2cc(C)ccc21. The highest BCUT2D eigenvalue weighted by Crippen LogP contribution is 2.54. The summed E-state index contributed by atoms with van der Waals surface area (Å²) in [5, 5.41) is 0. The molecule has 0 spiro atoms. The topological polar surface area (TPSA) is 20.3 Å². The van der Waals surface area contributed by atoms with Gasteiger partial charge in [-0.05, 0) is 32.4 Å². The molecule has 0 aromatic heterocycles. The Labute approximate surface area is 111 Å². The van der Waals surface area contributed by atoms with Crippen molar-refractivity contribution in [1.82, 2.24) is 0 Å². The van der Waals surface area contributed by atoms with E-state index in [-0.39, 0.29) is 5.91 Å². The van der Waals surface area contributed by atoms with Gasteiger partial charge in [-0.15, -0.1) is 23.5 Å². The first-order chi connectivity index (χ1) is 8.10. The lowest BCUT2D eigenvalue weighted by Crippen LogP contribution is -2.35. The molecule has 0 saturated carbocycles. The summed E-state index contributed by atoms with van der Waals surface area (Å²) in [6.45, 7) is 4.83. The van der Waals surface area contributed by atoms with Crippen molar-refractivity contribution in [3.63, 3.8) is 0 Å². The Morgan fingerprint density at radius 2 is 1.94 bits per heavy atom. The van der Waals surface area contributed by atoms with Gasteiger partial charge in [-0.3, -0.25) is 4.79 Å². The lowest BCUT2D eigenvalue weighted by Gasteiger charge is -2.24. The van der Waals surface area contributed by atoms with Gasteiger partial charge < -0.3 is 4.90 Å². The number of likely N-dealkylation sites (N-methyl/N-ethyl adjacent to an activating group) is 1. The maximum Gasteiger partial charge on any atom is 0.258 e. The van der Waals surface area contributed by atoms with Gasteiger partial charge >= 0.3 is 0 Å². The van der Waals surface area contributed by atoms with Crippen LogP contribution in [0, 0.1) is 6.92 Å². The molecule has 0 bridgehead atoms. The van der Waals surface area contributed by atoms with E-state index in [4.69, 9.17) is 0 Å². The lowest BCUT2D eigenvalue weighted by atomic mass is 10.1. The van der Waals surface area contributed by atoms with E-state index in [1.165, 1.54) is 5.56 Å². The Balaban J connectivity index is 2.67. The van der Waals surface area contributed by atoms with Crippen LogP contribution >= 0.6 is 23.5 Å². The van der Waals surface area contributed by atoms with Crippen molar-refractivity contribution in [3.05, 3.63) is 29.3 Å². The van der Waals surface area contributed by atoms with Gasteiger partial charge in [0.1, 0.15) is 0 Å². The summed E-state index contributed by atoms with van der Waals surface area (Å²) in [7, 11) is 0. The molecule has 1 aromatic carbocycles. The van der Waals surface area contributed by atoms with E-state index < -0.39 is 4.08 Å². The van der Waals surface area contributed by atoms with Crippen molar-refractivity contribution in [2.45, 2.75) is 17.9 Å². The summed E-state index contributed by atoms with van der Waals surface area (Å²) in [4.78, 5) is 14.5. The van der Waals surface area contributed by atoms with Crippen molar-refractivity contribution in [2.24, 2.45) is 0 Å². The lowest BCUT2D eigenvalue weighted by molar-refractivity contribution is -0.118. The highest BCUT2D eigenvalue weighted by Gasteiger charge is 2.49. The van der Waals surface area contributed by atoms with Gasteiger partial charge in [-0.25, -0.2) is 0 Å². The molecule has 1 aromatic rings. The summed E-state index contributed by atoms with van der Waals surface area (Å²) in [6.07, 6.45) is 4.03. The van der Waals surface area contributed by atoms with Crippen molar-refractivity contribution >= 4 is 35.1 Å². The normalized spacial score (nSPS) is 17.4. The Bertz CT molecular complexity index is 455. The molecule has 1 aliphatic heterocycles. The average Bonchev–Trinajstić information content (AvgIpc) is 2.57. The van der Waals surface area contributed by atoms with Crippen LogP contribution in [-0.2, 0) is 8.87 Å². The molecule has 0 aliphatic carbocycles. The highest BCUT2D eigenvalue weighted by molar-refractivity contribution is 8.18. The molecule has 0 N–H and O–H groups in total. The van der Waals surface area contributed by atoms with Crippen LogP contribution in [0.1, 0.15) is 18.1 Å². The number of carbonyl (C=O) groups excluding carboxylic acids is 1. The number of amides is 1. The van der Waals surface area contributed by atoms with Crippen molar-refractivity contribution in [3.8, 4) is 0 Å². The minimum Gasteiger partial charge on any atom is -0.310 e. The number of thioether (sulfide) groups is 2. The zero-order valence-electron chi connectivity index (χ0n) is 10.6. The van der Waals surface area contributed by atoms with Crippen LogP contribution in [0.5, 0.6) is 0 Å². The minimum atomic E-state index is -0.447. The summed E-state index contributed by atoms with van der Waals surface area (Å²) in [5.41, 5.74) is 3.44. The molecule has 1 amide bonds. The molecule has 4 heteroatoms. The monoisotopic (exact) mass is 267 g/mol. The second-order valence-electron chi connectivity index (χ2n) is 4.09. The third kappa shape index (κ3) is 1.69. The number of anilines is 1. The molecule has 0 unspecified atom stereocenters. The van der Waals surface area contributed by atoms with Crippen LogP contribution in [0.2, 0.25) is 0 Å². The maximum absolute atomic E-state index is 12.6. The zero-order valence-corrected chi connectivity index (χ0v) is 12.2. The molecular weight excluding hydrogens is 250 g/mol. The van der Waals surface area contributed by atoms with E-state index in [1.807, 2.05) is 24.3 Å². The fourth-order valence-electron chi connectivity index (χ4n) is 2.34. The van der Waals surface area contributed by atoms with Crippen LogP contribution in [-0.4, -0.2) is 25.0 Å². The molecule has 17 heavy (non-hydrogen) atoms. The zero-order chi connectivity index (χ0) is 12.6. The Morgan fingerprint density at radius 1 is 1.29 bits per heavy atom. The predicted octanol–water partition coefficient (Wildman–Crippen LogP) is 3.24. The van der Waals surface area contributed by atoms with Gasteiger partial charge in [0, 0.05) is 17.8 Å². The van der Waals surface area contributed by atoms with Gasteiger partial charge in [0.05, 0.1) is 0 Å². The van der Waals surface area contributed by atoms with Crippen LogP contribution in [0.25, 0.3) is 0 Å². The van der Waals surface area contributed by atoms with Gasteiger partial charge in [0.25, 0.3) is 5.91 Å². The van der Waals surface area contributed by atoms with Gasteiger partial charge in [-0.2, -0.15) is 0 Å². The van der Waals surface area contributed by atoms with Crippen LogP contribution in [0.4, 0.5) is 5.69 Å². The molecule has 1 aliphatic rings. The molecule has 2 nitrogen and oxygen atoms in total. The predicted molar refractivity (Wildman–Crippen MR) is 77.9 cm³/mol. The van der Waals surface area contributed by atoms with Gasteiger partial charge in [0.2, 0.25) is 0 Å². The number of hydrogen-bond donors (Lipinski definition) is 0. The molecule has 0 saturated heterocycles. The fraction of sp³-hybridized carbons (Fsp3) is 0.462. The first-order valence-corrected chi connectivity index (χ1v) is 8.09. The summed E-state index contributed by atoms with van der Waals surface area (Å²) in [5.74, 6) is 0.209.